The van der Waals surface area contributed by atoms with Crippen LogP contribution in [-0.2, 0) is 0 Å². The summed E-state index contributed by atoms with van der Waals surface area (Å²) in [5, 5.41) is 4.21. The van der Waals surface area contributed by atoms with Gasteiger partial charge in [0.15, 0.2) is 10.6 Å². The first-order valence-electron chi connectivity index (χ1n) is 7.49. The average Bonchev–Trinajstić information content (AvgIpc) is 3.10. The fourth-order valence-electron chi connectivity index (χ4n) is 3.16. The zero-order valence-electron chi connectivity index (χ0n) is 13.4. The van der Waals surface area contributed by atoms with Crippen LogP contribution >= 0.6 is 11.6 Å². The second-order valence-corrected chi connectivity index (χ2v) is 5.85. The van der Waals surface area contributed by atoms with Crippen molar-refractivity contribution in [3.05, 3.63) is 23.3 Å². The minimum atomic E-state index is -4.17. The number of piperidine rings is 1. The topological polar surface area (TPSA) is 33.4 Å². The van der Waals surface area contributed by atoms with Gasteiger partial charge in [-0.3, -0.25) is 4.99 Å². The van der Waals surface area contributed by atoms with Crippen LogP contribution in [0.4, 0.5) is 18.9 Å². The maximum Gasteiger partial charge on any atom is 0.396 e. The largest absolute Gasteiger partial charge is 0.396 e. The summed E-state index contributed by atoms with van der Waals surface area (Å²) in [4.78, 5) is 5.79. The molecule has 2 atom stereocenters. The van der Waals surface area contributed by atoms with Crippen LogP contribution in [0.3, 0.4) is 0 Å². The molecule has 2 aliphatic rings. The van der Waals surface area contributed by atoms with E-state index in [9.17, 15) is 13.2 Å². The summed E-state index contributed by atoms with van der Waals surface area (Å²) >= 11 is 5.94. The molecule has 4 nitrogen and oxygen atoms in total. The second-order valence-electron chi connectivity index (χ2n) is 5.46. The molecule has 0 aromatic carbocycles. The van der Waals surface area contributed by atoms with Gasteiger partial charge in [-0.05, 0) is 12.3 Å². The van der Waals surface area contributed by atoms with Gasteiger partial charge in [0.05, 0.1) is 11.1 Å². The van der Waals surface area contributed by atoms with Crippen LogP contribution in [0.15, 0.2) is 17.6 Å². The van der Waals surface area contributed by atoms with Crippen LogP contribution in [0.25, 0.3) is 6.20 Å². The summed E-state index contributed by atoms with van der Waals surface area (Å²) in [6.07, 6.45) is -2.53. The van der Waals surface area contributed by atoms with Crippen molar-refractivity contribution in [3.8, 4) is 0 Å². The summed E-state index contributed by atoms with van der Waals surface area (Å²) < 4.78 is 40.9. The number of halogens is 4. The zero-order chi connectivity index (χ0) is 17.4. The van der Waals surface area contributed by atoms with Crippen molar-refractivity contribution < 1.29 is 13.2 Å². The molecule has 1 saturated carbocycles. The number of hydrogen-bond donors (Lipinski definition) is 0. The van der Waals surface area contributed by atoms with Gasteiger partial charge in [-0.25, -0.2) is 4.68 Å². The maximum atomic E-state index is 13.2. The molecule has 2 fully saturated rings. The molecular weight excluding hydrogens is 329 g/mol. The quantitative estimate of drug-likeness (QED) is 0.818. The summed E-state index contributed by atoms with van der Waals surface area (Å²) in [6.45, 7) is 7.91. The minimum absolute atomic E-state index is 0.0544. The number of anilines is 1. The number of rotatable bonds is 2. The highest BCUT2D eigenvalue weighted by molar-refractivity contribution is 6.29. The van der Waals surface area contributed by atoms with E-state index in [4.69, 9.17) is 11.6 Å². The van der Waals surface area contributed by atoms with Crippen molar-refractivity contribution in [2.75, 3.05) is 25.0 Å². The van der Waals surface area contributed by atoms with Gasteiger partial charge in [0.1, 0.15) is 0 Å². The highest BCUT2D eigenvalue weighted by atomic mass is 35.5. The zero-order valence-corrected chi connectivity index (χ0v) is 14.1. The van der Waals surface area contributed by atoms with E-state index in [0.29, 0.717) is 17.7 Å². The molecule has 23 heavy (non-hydrogen) atoms. The van der Waals surface area contributed by atoms with E-state index in [0.717, 1.165) is 0 Å². The Balaban J connectivity index is 0.000000924. The first-order chi connectivity index (χ1) is 10.8. The van der Waals surface area contributed by atoms with Gasteiger partial charge in [-0.2, -0.15) is 18.3 Å². The smallest absolute Gasteiger partial charge is 0.367 e. The molecule has 3 rings (SSSR count). The van der Waals surface area contributed by atoms with Crippen LogP contribution in [0, 0.1) is 11.3 Å². The van der Waals surface area contributed by atoms with E-state index in [1.54, 1.807) is 18.0 Å². The van der Waals surface area contributed by atoms with E-state index >= 15 is 0 Å². The van der Waals surface area contributed by atoms with Crippen LogP contribution < -0.4 is 10.4 Å². The summed E-state index contributed by atoms with van der Waals surface area (Å²) in [7, 11) is 1.56. The van der Waals surface area contributed by atoms with Gasteiger partial charge in [-0.1, -0.05) is 32.0 Å². The monoisotopic (exact) mass is 348 g/mol. The van der Waals surface area contributed by atoms with E-state index in [1.165, 1.54) is 10.9 Å². The van der Waals surface area contributed by atoms with Gasteiger partial charge in [-0.15, -0.1) is 0 Å². The van der Waals surface area contributed by atoms with Crippen molar-refractivity contribution in [2.45, 2.75) is 26.4 Å². The Kier molecular flexibility index (Phi) is 4.80. The lowest BCUT2D eigenvalue weighted by molar-refractivity contribution is -0.184. The van der Waals surface area contributed by atoms with Gasteiger partial charge >= 0.3 is 6.18 Å². The highest BCUT2D eigenvalue weighted by Crippen LogP contribution is 2.66. The van der Waals surface area contributed by atoms with Crippen molar-refractivity contribution in [2.24, 2.45) is 16.3 Å². The van der Waals surface area contributed by atoms with E-state index in [-0.39, 0.29) is 24.0 Å². The fraction of sp³-hybridized carbons (Fsp3) is 0.600. The number of hydrogen-bond acceptors (Lipinski definition) is 3. The Morgan fingerprint density at radius 2 is 2.13 bits per heavy atom. The number of fused-ring (bicyclic) bond motifs is 1. The summed E-state index contributed by atoms with van der Waals surface area (Å²) in [5.41, 5.74) is -0.548. The SMILES string of the molecule is C=Cn1nc(Cl)cc(N2CC3CC3(C(F)(F)F)C2)c1=NC.CC. The maximum absolute atomic E-state index is 13.2. The number of alkyl halides is 3. The molecule has 0 bridgehead atoms. The van der Waals surface area contributed by atoms with Crippen molar-refractivity contribution >= 4 is 23.5 Å². The molecule has 2 unspecified atom stereocenters. The Morgan fingerprint density at radius 3 is 2.61 bits per heavy atom. The van der Waals surface area contributed by atoms with Crippen molar-refractivity contribution in [3.63, 3.8) is 0 Å². The molecule has 0 radical (unpaired) electrons. The van der Waals surface area contributed by atoms with Crippen LogP contribution in [-0.4, -0.2) is 36.1 Å². The first kappa shape index (κ1) is 17.8. The predicted octanol–water partition coefficient (Wildman–Crippen LogP) is 3.58. The molecule has 1 saturated heterocycles. The molecule has 1 aliphatic carbocycles. The summed E-state index contributed by atoms with van der Waals surface area (Å²) in [6, 6.07) is 1.55. The van der Waals surface area contributed by atoms with Crippen LogP contribution in [0.2, 0.25) is 5.15 Å². The normalized spacial score (nSPS) is 26.5. The third-order valence-electron chi connectivity index (χ3n) is 4.34. The minimum Gasteiger partial charge on any atom is -0.367 e. The molecule has 0 N–H and O–H groups in total. The molecule has 0 amide bonds. The van der Waals surface area contributed by atoms with E-state index in [1.807, 2.05) is 13.8 Å². The molecule has 8 heteroatoms. The Hall–Kier alpha value is -1.50. The van der Waals surface area contributed by atoms with Crippen molar-refractivity contribution in [1.29, 1.82) is 0 Å². The fourth-order valence-corrected chi connectivity index (χ4v) is 3.34. The average molecular weight is 349 g/mol. The van der Waals surface area contributed by atoms with Gasteiger partial charge in [0.2, 0.25) is 0 Å². The van der Waals surface area contributed by atoms with Gasteiger partial charge in [0.25, 0.3) is 0 Å². The van der Waals surface area contributed by atoms with Gasteiger partial charge < -0.3 is 4.90 Å². The van der Waals surface area contributed by atoms with E-state index in [2.05, 4.69) is 16.7 Å². The predicted molar refractivity (Wildman–Crippen MR) is 85.3 cm³/mol. The van der Waals surface area contributed by atoms with Crippen molar-refractivity contribution in [1.82, 2.24) is 9.78 Å². The van der Waals surface area contributed by atoms with Crippen LogP contribution in [0.1, 0.15) is 20.3 Å². The van der Waals surface area contributed by atoms with Crippen LogP contribution in [0.5, 0.6) is 0 Å². The number of aromatic nitrogens is 2. The number of nitrogens with zero attached hydrogens (tertiary/aromatic N) is 4. The summed E-state index contributed by atoms with van der Waals surface area (Å²) in [5.74, 6) is -0.341. The standard InChI is InChI=1S/C13H14ClF3N4.C2H6/c1-3-21-11(18-2)9(4-10(14)19-21)20-6-8-5-12(8,7-20)13(15,16)17;1-2/h3-4,8H,1,5-7H2,2H3;1-2H3. The Morgan fingerprint density at radius 1 is 1.48 bits per heavy atom. The Labute approximate surface area is 138 Å². The lowest BCUT2D eigenvalue weighted by Crippen LogP contribution is -2.37. The molecule has 2 heterocycles. The molecular formula is C15H20ClF3N4. The third kappa shape index (κ3) is 2.86. The molecule has 1 aromatic rings. The van der Waals surface area contributed by atoms with E-state index < -0.39 is 11.6 Å². The molecule has 0 spiro atoms. The molecule has 1 aliphatic heterocycles. The lowest BCUT2D eigenvalue weighted by Gasteiger charge is -2.25. The second kappa shape index (κ2) is 6.19. The molecule has 1 aromatic heterocycles. The third-order valence-corrected chi connectivity index (χ3v) is 4.53. The lowest BCUT2D eigenvalue weighted by atomic mass is 10.1. The highest BCUT2D eigenvalue weighted by Gasteiger charge is 2.74. The first-order valence-corrected chi connectivity index (χ1v) is 7.86. The molecule has 128 valence electrons. The Bertz CT molecular complexity index is 668. The van der Waals surface area contributed by atoms with Gasteiger partial charge in [0, 0.05) is 32.4 Å².